The molecule has 1 aromatic carbocycles. The first-order valence-electron chi connectivity index (χ1n) is 7.19. The van der Waals surface area contributed by atoms with Crippen LogP contribution >= 0.6 is 0 Å². The third kappa shape index (κ3) is 5.91. The summed E-state index contributed by atoms with van der Waals surface area (Å²) < 4.78 is 4.72. The molecule has 0 fully saturated rings. The number of carbonyl (C=O) groups excluding carboxylic acids is 1. The van der Waals surface area contributed by atoms with Crippen LogP contribution in [0.1, 0.15) is 50.3 Å². The van der Waals surface area contributed by atoms with Crippen molar-refractivity contribution in [1.29, 1.82) is 0 Å². The molecule has 1 aromatic rings. The van der Waals surface area contributed by atoms with E-state index in [1.165, 1.54) is 23.8 Å². The molecule has 0 radical (unpaired) electrons. The zero-order chi connectivity index (χ0) is 14.8. The van der Waals surface area contributed by atoms with E-state index >= 15 is 0 Å². The van der Waals surface area contributed by atoms with Crippen molar-refractivity contribution in [2.75, 3.05) is 7.11 Å². The summed E-state index contributed by atoms with van der Waals surface area (Å²) in [5, 5.41) is 0. The van der Waals surface area contributed by atoms with Gasteiger partial charge in [-0.3, -0.25) is 4.79 Å². The Morgan fingerprint density at radius 1 is 1.21 bits per heavy atom. The normalized spacial score (nSPS) is 11.3. The van der Waals surface area contributed by atoms with Crippen LogP contribution in [0.15, 0.2) is 18.2 Å². The van der Waals surface area contributed by atoms with Gasteiger partial charge in [0.1, 0.15) is 0 Å². The Morgan fingerprint density at radius 3 is 2.21 bits per heavy atom. The molecule has 2 nitrogen and oxygen atoms in total. The standard InChI is InChI=1S/C15H22O2.C2H6/c1-11-7-5-8-12(2)14(11)10-6-9-13(3)15(16)17-4;1-2/h5,7-8,13H,6,9-10H2,1-4H3;1-2H3. The Bertz CT molecular complexity index is 363. The molecule has 19 heavy (non-hydrogen) atoms. The predicted octanol–water partition coefficient (Wildman–Crippen LogP) is 4.46. The Hall–Kier alpha value is -1.31. The number of carbonyl (C=O) groups is 1. The summed E-state index contributed by atoms with van der Waals surface area (Å²) in [6.07, 6.45) is 2.96. The maximum Gasteiger partial charge on any atom is 0.308 e. The number of hydrogen-bond donors (Lipinski definition) is 0. The van der Waals surface area contributed by atoms with Crippen LogP contribution in [-0.4, -0.2) is 13.1 Å². The van der Waals surface area contributed by atoms with Crippen LogP contribution in [0, 0.1) is 19.8 Å². The molecule has 2 heteroatoms. The van der Waals surface area contributed by atoms with Gasteiger partial charge in [0.15, 0.2) is 0 Å². The quantitative estimate of drug-likeness (QED) is 0.734. The first-order chi connectivity index (χ1) is 9.06. The SMILES string of the molecule is CC.COC(=O)C(C)CCCc1c(C)cccc1C. The molecule has 0 spiro atoms. The van der Waals surface area contributed by atoms with Gasteiger partial charge in [-0.2, -0.15) is 0 Å². The first kappa shape index (κ1) is 17.7. The molecule has 0 N–H and O–H groups in total. The van der Waals surface area contributed by atoms with Crippen molar-refractivity contribution in [2.45, 2.75) is 53.9 Å². The second-order valence-electron chi connectivity index (χ2n) is 4.69. The summed E-state index contributed by atoms with van der Waals surface area (Å²) >= 11 is 0. The van der Waals surface area contributed by atoms with Gasteiger partial charge in [-0.25, -0.2) is 0 Å². The Morgan fingerprint density at radius 2 is 1.74 bits per heavy atom. The number of benzene rings is 1. The lowest BCUT2D eigenvalue weighted by Gasteiger charge is -2.11. The van der Waals surface area contributed by atoms with E-state index in [0.29, 0.717) is 0 Å². The minimum Gasteiger partial charge on any atom is -0.469 e. The van der Waals surface area contributed by atoms with Crippen LogP contribution in [0.4, 0.5) is 0 Å². The van der Waals surface area contributed by atoms with E-state index in [0.717, 1.165) is 19.3 Å². The van der Waals surface area contributed by atoms with Crippen molar-refractivity contribution in [1.82, 2.24) is 0 Å². The zero-order valence-electron chi connectivity index (χ0n) is 13.2. The van der Waals surface area contributed by atoms with Gasteiger partial charge >= 0.3 is 5.97 Å². The highest BCUT2D eigenvalue weighted by Crippen LogP contribution is 2.18. The Balaban J connectivity index is 0.00000154. The summed E-state index contributed by atoms with van der Waals surface area (Å²) in [5.41, 5.74) is 4.11. The molecule has 0 heterocycles. The van der Waals surface area contributed by atoms with Gasteiger partial charge < -0.3 is 4.74 Å². The lowest BCUT2D eigenvalue weighted by molar-refractivity contribution is -0.145. The van der Waals surface area contributed by atoms with E-state index in [9.17, 15) is 4.79 Å². The van der Waals surface area contributed by atoms with E-state index < -0.39 is 0 Å². The second kappa shape index (κ2) is 9.60. The number of esters is 1. The van der Waals surface area contributed by atoms with Crippen LogP contribution in [0.25, 0.3) is 0 Å². The molecule has 0 saturated carbocycles. The molecule has 1 rings (SSSR count). The van der Waals surface area contributed by atoms with E-state index in [4.69, 9.17) is 4.74 Å². The average Bonchev–Trinajstić information content (AvgIpc) is 2.43. The molecule has 1 atom stereocenters. The van der Waals surface area contributed by atoms with Crippen molar-refractivity contribution in [3.05, 3.63) is 34.9 Å². The fourth-order valence-corrected chi connectivity index (χ4v) is 2.15. The van der Waals surface area contributed by atoms with Crippen LogP contribution in [0.3, 0.4) is 0 Å². The highest BCUT2D eigenvalue weighted by molar-refractivity contribution is 5.71. The minimum absolute atomic E-state index is 0.00400. The minimum atomic E-state index is -0.105. The number of methoxy groups -OCH3 is 1. The molecule has 0 bridgehead atoms. The fraction of sp³-hybridized carbons (Fsp3) is 0.588. The van der Waals surface area contributed by atoms with Gasteiger partial charge in [-0.15, -0.1) is 0 Å². The number of rotatable bonds is 5. The van der Waals surface area contributed by atoms with Gasteiger partial charge in [0.05, 0.1) is 13.0 Å². The van der Waals surface area contributed by atoms with Gasteiger partial charge in [0.25, 0.3) is 0 Å². The molecule has 0 aromatic heterocycles. The fourth-order valence-electron chi connectivity index (χ4n) is 2.15. The molecule has 0 aliphatic carbocycles. The molecule has 0 aliphatic heterocycles. The van der Waals surface area contributed by atoms with Gasteiger partial charge in [-0.05, 0) is 49.8 Å². The third-order valence-corrected chi connectivity index (χ3v) is 3.31. The first-order valence-corrected chi connectivity index (χ1v) is 7.19. The van der Waals surface area contributed by atoms with Crippen molar-refractivity contribution < 1.29 is 9.53 Å². The lowest BCUT2D eigenvalue weighted by Crippen LogP contribution is -2.12. The molecule has 0 amide bonds. The largest absolute Gasteiger partial charge is 0.469 e. The van der Waals surface area contributed by atoms with Gasteiger partial charge in [0, 0.05) is 0 Å². The Kier molecular flexibility index (Phi) is 8.94. The summed E-state index contributed by atoms with van der Waals surface area (Å²) in [6.45, 7) is 10.2. The van der Waals surface area contributed by atoms with Crippen LogP contribution in [0.2, 0.25) is 0 Å². The maximum absolute atomic E-state index is 11.3. The van der Waals surface area contributed by atoms with Crippen molar-refractivity contribution >= 4 is 5.97 Å². The van der Waals surface area contributed by atoms with E-state index in [2.05, 4.69) is 32.0 Å². The second-order valence-corrected chi connectivity index (χ2v) is 4.69. The van der Waals surface area contributed by atoms with Crippen molar-refractivity contribution in [3.63, 3.8) is 0 Å². The summed E-state index contributed by atoms with van der Waals surface area (Å²) in [4.78, 5) is 11.3. The zero-order valence-corrected chi connectivity index (χ0v) is 13.2. The van der Waals surface area contributed by atoms with Crippen molar-refractivity contribution in [2.24, 2.45) is 5.92 Å². The van der Waals surface area contributed by atoms with Crippen molar-refractivity contribution in [3.8, 4) is 0 Å². The topological polar surface area (TPSA) is 26.3 Å². The monoisotopic (exact) mass is 264 g/mol. The predicted molar refractivity (Wildman–Crippen MR) is 81.4 cm³/mol. The molecule has 108 valence electrons. The smallest absolute Gasteiger partial charge is 0.308 e. The van der Waals surface area contributed by atoms with Crippen LogP contribution < -0.4 is 0 Å². The van der Waals surface area contributed by atoms with E-state index in [1.54, 1.807) is 0 Å². The van der Waals surface area contributed by atoms with Gasteiger partial charge in [0.2, 0.25) is 0 Å². The summed E-state index contributed by atoms with van der Waals surface area (Å²) in [5.74, 6) is -0.101. The van der Waals surface area contributed by atoms with Crippen LogP contribution in [-0.2, 0) is 16.0 Å². The molecular formula is C17H28O2. The number of hydrogen-bond acceptors (Lipinski definition) is 2. The molecule has 0 aliphatic rings. The summed E-state index contributed by atoms with van der Waals surface area (Å²) in [7, 11) is 1.45. The van der Waals surface area contributed by atoms with Crippen LogP contribution in [0.5, 0.6) is 0 Å². The van der Waals surface area contributed by atoms with Gasteiger partial charge in [-0.1, -0.05) is 39.0 Å². The number of ether oxygens (including phenoxy) is 1. The Labute approximate surface area is 118 Å². The van der Waals surface area contributed by atoms with E-state index in [1.807, 2.05) is 20.8 Å². The molecular weight excluding hydrogens is 236 g/mol. The molecule has 1 unspecified atom stereocenters. The molecule has 0 saturated heterocycles. The highest BCUT2D eigenvalue weighted by Gasteiger charge is 2.12. The maximum atomic E-state index is 11.3. The number of aryl methyl sites for hydroxylation is 2. The highest BCUT2D eigenvalue weighted by atomic mass is 16.5. The summed E-state index contributed by atoms with van der Waals surface area (Å²) in [6, 6.07) is 6.38. The third-order valence-electron chi connectivity index (χ3n) is 3.31. The average molecular weight is 264 g/mol. The lowest BCUT2D eigenvalue weighted by atomic mass is 9.95. The van der Waals surface area contributed by atoms with E-state index in [-0.39, 0.29) is 11.9 Å².